The molecule has 0 radical (unpaired) electrons. The third-order valence-corrected chi connectivity index (χ3v) is 2.60. The molecule has 0 aliphatic carbocycles. The minimum atomic E-state index is 0. The molecule has 0 N–H and O–H groups in total. The van der Waals surface area contributed by atoms with Gasteiger partial charge in [0, 0.05) is 6.04 Å². The predicted molar refractivity (Wildman–Crippen MR) is 49.5 cm³/mol. The molecule has 0 bridgehead atoms. The first-order valence-corrected chi connectivity index (χ1v) is 4.75. The van der Waals surface area contributed by atoms with Crippen molar-refractivity contribution in [2.45, 2.75) is 46.1 Å². The molecule has 1 heterocycles. The molecule has 12 heavy (non-hydrogen) atoms. The Kier molecular flexibility index (Phi) is 8.16. The molecule has 0 amide bonds. The molecule has 1 aliphatic heterocycles. The Morgan fingerprint density at radius 2 is 1.83 bits per heavy atom. The van der Waals surface area contributed by atoms with Crippen LogP contribution in [0.15, 0.2) is 0 Å². The van der Waals surface area contributed by atoms with E-state index in [1.54, 1.807) is 5.92 Å². The van der Waals surface area contributed by atoms with Crippen LogP contribution in [0, 0.1) is 5.92 Å². The van der Waals surface area contributed by atoms with Crippen molar-refractivity contribution < 1.29 is 58.2 Å². The van der Waals surface area contributed by atoms with Gasteiger partial charge in [0.15, 0.2) is 0 Å². The van der Waals surface area contributed by atoms with Crippen molar-refractivity contribution >= 4 is 0 Å². The number of nitrogens with zero attached hydrogens (tertiary/aromatic N) is 1. The summed E-state index contributed by atoms with van der Waals surface area (Å²) in [7, 11) is 0. The van der Waals surface area contributed by atoms with E-state index >= 15 is 0 Å². The molecule has 0 saturated carbocycles. The van der Waals surface area contributed by atoms with Gasteiger partial charge in [0.1, 0.15) is 0 Å². The molecule has 1 saturated heterocycles. The van der Waals surface area contributed by atoms with Crippen molar-refractivity contribution in [3.05, 3.63) is 5.92 Å². The molecule has 1 fully saturated rings. The van der Waals surface area contributed by atoms with Crippen LogP contribution in [0.5, 0.6) is 0 Å². The van der Waals surface area contributed by atoms with E-state index < -0.39 is 0 Å². The van der Waals surface area contributed by atoms with Crippen LogP contribution in [0.3, 0.4) is 0 Å². The standard InChI is InChI=1S/C10H20N.Rb/c1-9(2)11-7-4-5-10(3)6-8-11;/h9H,4-8H2,1-3H3;/q-1;+1. The summed E-state index contributed by atoms with van der Waals surface area (Å²) in [6.07, 6.45) is 4.03. The molecule has 0 aromatic heterocycles. The smallest absolute Gasteiger partial charge is 0.315 e. The largest absolute Gasteiger partial charge is 1.00 e. The van der Waals surface area contributed by atoms with Crippen LogP contribution in [0.25, 0.3) is 0 Å². The molecule has 1 aliphatic rings. The van der Waals surface area contributed by atoms with Crippen LogP contribution in [0.4, 0.5) is 0 Å². The molecule has 1 rings (SSSR count). The zero-order valence-corrected chi connectivity index (χ0v) is 14.0. The summed E-state index contributed by atoms with van der Waals surface area (Å²) in [5, 5.41) is 0. The Hall–Kier alpha value is 1.77. The van der Waals surface area contributed by atoms with Gasteiger partial charge in [0.2, 0.25) is 0 Å². The third-order valence-electron chi connectivity index (χ3n) is 2.60. The summed E-state index contributed by atoms with van der Waals surface area (Å²) in [5.41, 5.74) is 0. The molecule has 0 atom stereocenters. The maximum atomic E-state index is 2.58. The second-order valence-corrected chi connectivity index (χ2v) is 3.94. The Bertz CT molecular complexity index is 114. The second-order valence-electron chi connectivity index (χ2n) is 3.94. The zero-order valence-electron chi connectivity index (χ0n) is 9.06. The molecule has 66 valence electrons. The van der Waals surface area contributed by atoms with Crippen molar-refractivity contribution in [3.63, 3.8) is 0 Å². The molecule has 1 nitrogen and oxygen atoms in total. The number of likely N-dealkylation sites (tertiary alicyclic amines) is 1. The summed E-state index contributed by atoms with van der Waals surface area (Å²) in [6, 6.07) is 0.737. The number of hydrogen-bond acceptors (Lipinski definition) is 1. The fourth-order valence-corrected chi connectivity index (χ4v) is 1.67. The van der Waals surface area contributed by atoms with E-state index in [1.807, 2.05) is 0 Å². The van der Waals surface area contributed by atoms with Gasteiger partial charge in [0.05, 0.1) is 0 Å². The van der Waals surface area contributed by atoms with E-state index in [0.717, 1.165) is 6.04 Å². The number of hydrogen-bond donors (Lipinski definition) is 0. The van der Waals surface area contributed by atoms with Crippen molar-refractivity contribution in [1.29, 1.82) is 0 Å². The summed E-state index contributed by atoms with van der Waals surface area (Å²) in [4.78, 5) is 2.58. The molecule has 0 aromatic carbocycles. The third kappa shape index (κ3) is 4.85. The Morgan fingerprint density at radius 3 is 2.42 bits per heavy atom. The van der Waals surface area contributed by atoms with E-state index in [2.05, 4.69) is 25.7 Å². The average Bonchev–Trinajstić information content (AvgIpc) is 2.13. The van der Waals surface area contributed by atoms with Crippen molar-refractivity contribution in [2.75, 3.05) is 13.1 Å². The van der Waals surface area contributed by atoms with Crippen molar-refractivity contribution in [3.8, 4) is 0 Å². The summed E-state index contributed by atoms with van der Waals surface area (Å²) in [6.45, 7) is 9.46. The molecular weight excluding hydrogens is 220 g/mol. The van der Waals surface area contributed by atoms with Gasteiger partial charge in [-0.2, -0.15) is 19.8 Å². The Labute approximate surface area is 126 Å². The minimum Gasteiger partial charge on any atom is -0.315 e. The molecule has 0 unspecified atom stereocenters. The molecule has 0 spiro atoms. The number of rotatable bonds is 1. The monoisotopic (exact) mass is 239 g/mol. The first kappa shape index (κ1) is 13.8. The van der Waals surface area contributed by atoms with Gasteiger partial charge >= 0.3 is 58.2 Å². The van der Waals surface area contributed by atoms with Crippen LogP contribution < -0.4 is 58.2 Å². The Balaban J connectivity index is 0.00000121. The van der Waals surface area contributed by atoms with Gasteiger partial charge in [-0.3, -0.25) is 0 Å². The zero-order chi connectivity index (χ0) is 8.27. The second kappa shape index (κ2) is 7.11. The van der Waals surface area contributed by atoms with Crippen molar-refractivity contribution in [2.24, 2.45) is 0 Å². The van der Waals surface area contributed by atoms with Crippen LogP contribution in [-0.2, 0) is 0 Å². The van der Waals surface area contributed by atoms with E-state index in [-0.39, 0.29) is 58.2 Å². The maximum Gasteiger partial charge on any atom is 1.00 e. The maximum absolute atomic E-state index is 2.58. The van der Waals surface area contributed by atoms with Crippen molar-refractivity contribution in [1.82, 2.24) is 4.90 Å². The van der Waals surface area contributed by atoms with Gasteiger partial charge in [-0.1, -0.05) is 6.42 Å². The van der Waals surface area contributed by atoms with Gasteiger partial charge in [0.25, 0.3) is 0 Å². The quantitative estimate of drug-likeness (QED) is 0.557. The van der Waals surface area contributed by atoms with Crippen LogP contribution in [0.2, 0.25) is 0 Å². The summed E-state index contributed by atoms with van der Waals surface area (Å²) >= 11 is 0. The minimum absolute atomic E-state index is 0. The van der Waals surface area contributed by atoms with Gasteiger partial charge in [-0.05, 0) is 26.9 Å². The molecular formula is C10H20NRb. The fourth-order valence-electron chi connectivity index (χ4n) is 1.67. The fraction of sp³-hybridized carbons (Fsp3) is 0.900. The topological polar surface area (TPSA) is 3.24 Å². The SMILES string of the molecule is C[C-]1CCCN(C(C)C)CC1.[Rb+]. The van der Waals surface area contributed by atoms with E-state index in [4.69, 9.17) is 0 Å². The average molecular weight is 240 g/mol. The van der Waals surface area contributed by atoms with Crippen LogP contribution in [-0.4, -0.2) is 24.0 Å². The van der Waals surface area contributed by atoms with Gasteiger partial charge in [-0.15, -0.1) is 0 Å². The first-order valence-electron chi connectivity index (χ1n) is 4.75. The summed E-state index contributed by atoms with van der Waals surface area (Å²) in [5.74, 6) is 1.69. The molecule has 0 aromatic rings. The van der Waals surface area contributed by atoms with E-state index in [1.165, 1.54) is 32.4 Å². The van der Waals surface area contributed by atoms with E-state index in [0.29, 0.717) is 0 Å². The van der Waals surface area contributed by atoms with E-state index in [9.17, 15) is 0 Å². The molecule has 2 heteroatoms. The van der Waals surface area contributed by atoms with Crippen LogP contribution in [0.1, 0.15) is 40.0 Å². The normalized spacial score (nSPS) is 22.0. The predicted octanol–water partition coefficient (Wildman–Crippen LogP) is -0.521. The summed E-state index contributed by atoms with van der Waals surface area (Å²) < 4.78 is 0. The van der Waals surface area contributed by atoms with Crippen LogP contribution >= 0.6 is 0 Å². The first-order chi connectivity index (χ1) is 5.20. The van der Waals surface area contributed by atoms with Gasteiger partial charge in [-0.25, -0.2) is 0 Å². The van der Waals surface area contributed by atoms with Gasteiger partial charge < -0.3 is 10.8 Å². The Morgan fingerprint density at radius 1 is 1.17 bits per heavy atom.